The van der Waals surface area contributed by atoms with Crippen LogP contribution in [0, 0.1) is 0 Å². The molecule has 118 valence electrons. The zero-order valence-electron chi connectivity index (χ0n) is 11.7. The molecule has 0 aliphatic heterocycles. The molecule has 0 saturated heterocycles. The molecule has 0 unspecified atom stereocenters. The number of pyridine rings is 1. The second-order valence-corrected chi connectivity index (χ2v) is 5.95. The van der Waals surface area contributed by atoms with Gasteiger partial charge in [0.05, 0.1) is 22.7 Å². The predicted octanol–water partition coefficient (Wildman–Crippen LogP) is 4.25. The molecule has 0 aliphatic carbocycles. The summed E-state index contributed by atoms with van der Waals surface area (Å²) >= 11 is 1.16. The van der Waals surface area contributed by atoms with E-state index in [2.05, 4.69) is 10.3 Å². The number of nitrogens with one attached hydrogen (secondary N) is 1. The van der Waals surface area contributed by atoms with Crippen LogP contribution in [0.5, 0.6) is 0 Å². The highest BCUT2D eigenvalue weighted by Gasteiger charge is 2.30. The molecule has 0 atom stereocenters. The van der Waals surface area contributed by atoms with Crippen LogP contribution in [0.25, 0.3) is 10.1 Å². The second-order valence-electron chi connectivity index (χ2n) is 4.86. The first kappa shape index (κ1) is 15.5. The average molecular weight is 336 g/mol. The summed E-state index contributed by atoms with van der Waals surface area (Å²) in [4.78, 5) is 16.6. The number of nitrogens with zero attached hydrogens (tertiary/aromatic N) is 1. The minimum absolute atomic E-state index is 0.266. The Morgan fingerprint density at radius 2 is 2.00 bits per heavy atom. The number of benzene rings is 1. The lowest BCUT2D eigenvalue weighted by Gasteiger charge is -2.05. The van der Waals surface area contributed by atoms with Crippen LogP contribution < -0.4 is 5.32 Å². The fourth-order valence-corrected chi connectivity index (χ4v) is 3.05. The van der Waals surface area contributed by atoms with Crippen LogP contribution in [-0.2, 0) is 12.7 Å². The fraction of sp³-hybridized carbons (Fsp3) is 0.125. The van der Waals surface area contributed by atoms with Gasteiger partial charge in [0.2, 0.25) is 0 Å². The van der Waals surface area contributed by atoms with E-state index >= 15 is 0 Å². The topological polar surface area (TPSA) is 42.0 Å². The zero-order chi connectivity index (χ0) is 16.4. The van der Waals surface area contributed by atoms with Gasteiger partial charge in [-0.15, -0.1) is 11.3 Å². The summed E-state index contributed by atoms with van der Waals surface area (Å²) in [7, 11) is 0. The molecule has 1 N–H and O–H groups in total. The van der Waals surface area contributed by atoms with Crippen LogP contribution in [0.3, 0.4) is 0 Å². The number of rotatable bonds is 3. The summed E-state index contributed by atoms with van der Waals surface area (Å²) in [5, 5.41) is 3.12. The van der Waals surface area contributed by atoms with Gasteiger partial charge in [0.1, 0.15) is 0 Å². The number of aromatic nitrogens is 1. The van der Waals surface area contributed by atoms with Crippen molar-refractivity contribution in [2.75, 3.05) is 0 Å². The largest absolute Gasteiger partial charge is 0.416 e. The van der Waals surface area contributed by atoms with Gasteiger partial charge in [0.15, 0.2) is 0 Å². The number of hydrogen-bond acceptors (Lipinski definition) is 3. The third kappa shape index (κ3) is 3.50. The first-order valence-electron chi connectivity index (χ1n) is 6.72. The maximum absolute atomic E-state index is 12.7. The molecule has 0 saturated carbocycles. The number of carbonyl (C=O) groups is 1. The van der Waals surface area contributed by atoms with Crippen molar-refractivity contribution in [2.24, 2.45) is 0 Å². The average Bonchev–Trinajstić information content (AvgIpc) is 2.96. The fourth-order valence-electron chi connectivity index (χ4n) is 2.09. The normalized spacial score (nSPS) is 11.6. The van der Waals surface area contributed by atoms with Crippen LogP contribution in [0.4, 0.5) is 13.2 Å². The third-order valence-corrected chi connectivity index (χ3v) is 4.34. The SMILES string of the molecule is O=C(NCc1ccccn1)c1cc2cc(C(F)(F)F)ccc2s1. The molecule has 3 rings (SSSR count). The number of halogens is 3. The van der Waals surface area contributed by atoms with E-state index in [-0.39, 0.29) is 12.5 Å². The molecular formula is C16H11F3N2OS. The van der Waals surface area contributed by atoms with Gasteiger partial charge in [0, 0.05) is 10.9 Å². The lowest BCUT2D eigenvalue weighted by atomic mass is 10.1. The lowest BCUT2D eigenvalue weighted by Crippen LogP contribution is -2.22. The maximum atomic E-state index is 12.7. The van der Waals surface area contributed by atoms with Crippen LogP contribution in [-0.4, -0.2) is 10.9 Å². The van der Waals surface area contributed by atoms with Crippen molar-refractivity contribution in [3.8, 4) is 0 Å². The zero-order valence-corrected chi connectivity index (χ0v) is 12.5. The van der Waals surface area contributed by atoms with E-state index in [1.165, 1.54) is 12.1 Å². The van der Waals surface area contributed by atoms with E-state index in [0.29, 0.717) is 20.7 Å². The molecule has 0 radical (unpaired) electrons. The van der Waals surface area contributed by atoms with Crippen molar-refractivity contribution >= 4 is 27.3 Å². The summed E-state index contributed by atoms with van der Waals surface area (Å²) in [6, 6.07) is 10.3. The summed E-state index contributed by atoms with van der Waals surface area (Å²) in [6.07, 6.45) is -2.77. The van der Waals surface area contributed by atoms with Crippen molar-refractivity contribution in [2.45, 2.75) is 12.7 Å². The smallest absolute Gasteiger partial charge is 0.346 e. The minimum atomic E-state index is -4.39. The van der Waals surface area contributed by atoms with Crippen molar-refractivity contribution in [1.29, 1.82) is 0 Å². The highest BCUT2D eigenvalue weighted by molar-refractivity contribution is 7.20. The van der Waals surface area contributed by atoms with E-state index < -0.39 is 11.7 Å². The molecular weight excluding hydrogens is 325 g/mol. The molecule has 0 fully saturated rings. The quantitative estimate of drug-likeness (QED) is 0.777. The summed E-state index contributed by atoms with van der Waals surface area (Å²) < 4.78 is 38.8. The van der Waals surface area contributed by atoms with E-state index in [1.54, 1.807) is 18.3 Å². The Morgan fingerprint density at radius 1 is 1.17 bits per heavy atom. The van der Waals surface area contributed by atoms with Crippen molar-refractivity contribution < 1.29 is 18.0 Å². The van der Waals surface area contributed by atoms with Gasteiger partial charge in [-0.1, -0.05) is 6.07 Å². The number of carbonyl (C=O) groups excluding carboxylic acids is 1. The third-order valence-electron chi connectivity index (χ3n) is 3.22. The van der Waals surface area contributed by atoms with Crippen LogP contribution in [0.1, 0.15) is 20.9 Å². The van der Waals surface area contributed by atoms with Gasteiger partial charge in [-0.2, -0.15) is 13.2 Å². The van der Waals surface area contributed by atoms with Crippen molar-refractivity contribution in [3.05, 3.63) is 64.8 Å². The molecule has 2 heterocycles. The molecule has 0 spiro atoms. The first-order chi connectivity index (χ1) is 10.9. The summed E-state index contributed by atoms with van der Waals surface area (Å²) in [5.74, 6) is -0.328. The van der Waals surface area contributed by atoms with Gasteiger partial charge in [-0.25, -0.2) is 0 Å². The van der Waals surface area contributed by atoms with E-state index in [9.17, 15) is 18.0 Å². The predicted molar refractivity (Wildman–Crippen MR) is 82.2 cm³/mol. The van der Waals surface area contributed by atoms with Crippen LogP contribution in [0.15, 0.2) is 48.7 Å². The summed E-state index contributed by atoms with van der Waals surface area (Å²) in [6.45, 7) is 0.266. The Bertz CT molecular complexity index is 843. The van der Waals surface area contributed by atoms with Crippen LogP contribution in [0.2, 0.25) is 0 Å². The standard InChI is InChI=1S/C16H11F3N2OS/c17-16(18,19)11-4-5-13-10(7-11)8-14(23-13)15(22)21-9-12-3-1-2-6-20-12/h1-8H,9H2,(H,21,22). The van der Waals surface area contributed by atoms with E-state index in [1.807, 2.05) is 6.07 Å². The van der Waals surface area contributed by atoms with Gasteiger partial charge < -0.3 is 5.32 Å². The Labute approximate surface area is 133 Å². The van der Waals surface area contributed by atoms with Crippen molar-refractivity contribution in [1.82, 2.24) is 10.3 Å². The molecule has 2 aromatic heterocycles. The Hall–Kier alpha value is -2.41. The van der Waals surface area contributed by atoms with Crippen LogP contribution >= 0.6 is 11.3 Å². The molecule has 3 nitrogen and oxygen atoms in total. The Balaban J connectivity index is 1.78. The van der Waals surface area contributed by atoms with Gasteiger partial charge >= 0.3 is 6.18 Å². The monoisotopic (exact) mass is 336 g/mol. The number of fused-ring (bicyclic) bond motifs is 1. The summed E-state index contributed by atoms with van der Waals surface area (Å²) in [5.41, 5.74) is -0.00966. The van der Waals surface area contributed by atoms with Gasteiger partial charge in [-0.3, -0.25) is 9.78 Å². The van der Waals surface area contributed by atoms with Gasteiger partial charge in [-0.05, 0) is 41.8 Å². The van der Waals surface area contributed by atoms with Gasteiger partial charge in [0.25, 0.3) is 5.91 Å². The van der Waals surface area contributed by atoms with E-state index in [0.717, 1.165) is 23.5 Å². The van der Waals surface area contributed by atoms with Crippen molar-refractivity contribution in [3.63, 3.8) is 0 Å². The van der Waals surface area contributed by atoms with E-state index in [4.69, 9.17) is 0 Å². The molecule has 7 heteroatoms. The highest BCUT2D eigenvalue weighted by atomic mass is 32.1. The maximum Gasteiger partial charge on any atom is 0.416 e. The molecule has 0 bridgehead atoms. The lowest BCUT2D eigenvalue weighted by molar-refractivity contribution is -0.137. The molecule has 1 amide bonds. The second kappa shape index (κ2) is 6.00. The minimum Gasteiger partial charge on any atom is -0.346 e. The number of hydrogen-bond donors (Lipinski definition) is 1. The molecule has 23 heavy (non-hydrogen) atoms. The number of amides is 1. The molecule has 3 aromatic rings. The number of thiophene rings is 1. The highest BCUT2D eigenvalue weighted by Crippen LogP contribution is 2.34. The molecule has 0 aliphatic rings. The Kier molecular flexibility index (Phi) is 4.04. The Morgan fingerprint density at radius 3 is 2.70 bits per heavy atom. The first-order valence-corrected chi connectivity index (χ1v) is 7.54. The number of alkyl halides is 3. The molecule has 1 aromatic carbocycles.